The second-order valence-corrected chi connectivity index (χ2v) is 7.26. The Labute approximate surface area is 145 Å². The van der Waals surface area contributed by atoms with Crippen LogP contribution >= 0.6 is 11.3 Å². The third-order valence-corrected chi connectivity index (χ3v) is 5.35. The highest BCUT2D eigenvalue weighted by Crippen LogP contribution is 2.27. The topological polar surface area (TPSA) is 59.7 Å². The van der Waals surface area contributed by atoms with Gasteiger partial charge in [-0.25, -0.2) is 0 Å². The molecule has 1 saturated heterocycles. The Morgan fingerprint density at radius 3 is 2.92 bits per heavy atom. The van der Waals surface area contributed by atoms with Crippen LogP contribution in [-0.2, 0) is 13.0 Å². The van der Waals surface area contributed by atoms with E-state index >= 15 is 0 Å². The monoisotopic (exact) mass is 340 g/mol. The van der Waals surface area contributed by atoms with Crippen molar-refractivity contribution in [3.05, 3.63) is 53.3 Å². The summed E-state index contributed by atoms with van der Waals surface area (Å²) in [6.07, 6.45) is 6.94. The predicted octanol–water partition coefficient (Wildman–Crippen LogP) is 2.64. The third-order valence-electron chi connectivity index (χ3n) is 4.36. The molecule has 0 N–H and O–H groups in total. The van der Waals surface area contributed by atoms with Gasteiger partial charge in [-0.05, 0) is 24.3 Å². The maximum absolute atomic E-state index is 4.43. The van der Waals surface area contributed by atoms with Crippen LogP contribution in [-0.4, -0.2) is 38.3 Å². The summed E-state index contributed by atoms with van der Waals surface area (Å²) in [6.45, 7) is 3.00. The summed E-state index contributed by atoms with van der Waals surface area (Å²) < 4.78 is 1.93. The molecule has 0 bridgehead atoms. The van der Waals surface area contributed by atoms with E-state index in [2.05, 4.69) is 49.7 Å². The van der Waals surface area contributed by atoms with Crippen molar-refractivity contribution >= 4 is 16.5 Å². The van der Waals surface area contributed by atoms with Crippen molar-refractivity contribution in [3.63, 3.8) is 0 Å². The molecule has 0 radical (unpaired) electrons. The summed E-state index contributed by atoms with van der Waals surface area (Å²) in [5, 5.41) is 18.9. The molecule has 1 aliphatic rings. The molecule has 24 heavy (non-hydrogen) atoms. The fourth-order valence-corrected chi connectivity index (χ4v) is 4.10. The van der Waals surface area contributed by atoms with E-state index in [0.29, 0.717) is 5.92 Å². The maximum Gasteiger partial charge on any atom is 0.208 e. The molecule has 1 unspecified atom stereocenters. The Bertz CT molecular complexity index is 755. The molecule has 2 aromatic heterocycles. The van der Waals surface area contributed by atoms with Gasteiger partial charge in [0.15, 0.2) is 0 Å². The Kier molecular flexibility index (Phi) is 4.51. The number of hydrogen-bond acceptors (Lipinski definition) is 6. The lowest BCUT2D eigenvalue weighted by Crippen LogP contribution is -2.37. The van der Waals surface area contributed by atoms with E-state index in [1.165, 1.54) is 18.4 Å². The molecule has 1 fully saturated rings. The van der Waals surface area contributed by atoms with Crippen molar-refractivity contribution in [1.82, 2.24) is 25.2 Å². The number of aromatic nitrogens is 5. The van der Waals surface area contributed by atoms with Crippen LogP contribution in [0.15, 0.2) is 42.7 Å². The molecular weight excluding hydrogens is 320 g/mol. The Hall–Kier alpha value is -2.28. The SMILES string of the molecule is c1ccc(Cc2nnc(N3CCCC(Cn4ccnn4)C3)s2)cc1. The normalized spacial score (nSPS) is 18.0. The highest BCUT2D eigenvalue weighted by molar-refractivity contribution is 7.15. The number of anilines is 1. The van der Waals surface area contributed by atoms with Gasteiger partial charge >= 0.3 is 0 Å². The van der Waals surface area contributed by atoms with Gasteiger partial charge in [0.1, 0.15) is 5.01 Å². The molecule has 1 atom stereocenters. The Morgan fingerprint density at radius 2 is 2.08 bits per heavy atom. The van der Waals surface area contributed by atoms with Crippen LogP contribution in [0.1, 0.15) is 23.4 Å². The lowest BCUT2D eigenvalue weighted by molar-refractivity contribution is 0.348. The second kappa shape index (κ2) is 7.09. The van der Waals surface area contributed by atoms with Crippen LogP contribution in [0.3, 0.4) is 0 Å². The van der Waals surface area contributed by atoms with Crippen LogP contribution in [0.5, 0.6) is 0 Å². The largest absolute Gasteiger partial charge is 0.346 e. The van der Waals surface area contributed by atoms with E-state index in [1.54, 1.807) is 17.5 Å². The highest BCUT2D eigenvalue weighted by atomic mass is 32.1. The zero-order chi connectivity index (χ0) is 16.2. The standard InChI is InChI=1S/C17H20N6S/c1-2-5-14(6-3-1)11-16-19-20-17(24-16)22-9-4-7-15(12-22)13-23-10-8-18-21-23/h1-3,5-6,8,10,15H,4,7,9,11-13H2. The van der Waals surface area contributed by atoms with Gasteiger partial charge in [0.2, 0.25) is 5.13 Å². The molecule has 0 amide bonds. The zero-order valence-electron chi connectivity index (χ0n) is 13.5. The lowest BCUT2D eigenvalue weighted by atomic mass is 9.98. The van der Waals surface area contributed by atoms with Crippen molar-refractivity contribution in [1.29, 1.82) is 0 Å². The number of benzene rings is 1. The third kappa shape index (κ3) is 3.62. The lowest BCUT2D eigenvalue weighted by Gasteiger charge is -2.32. The first-order valence-electron chi connectivity index (χ1n) is 8.32. The number of piperidine rings is 1. The molecule has 4 rings (SSSR count). The van der Waals surface area contributed by atoms with Gasteiger partial charge in [0.25, 0.3) is 0 Å². The van der Waals surface area contributed by atoms with Crippen LogP contribution < -0.4 is 4.90 Å². The minimum absolute atomic E-state index is 0.585. The van der Waals surface area contributed by atoms with Gasteiger partial charge in [-0.3, -0.25) is 4.68 Å². The molecule has 1 aliphatic heterocycles. The zero-order valence-corrected chi connectivity index (χ0v) is 14.3. The molecule has 6 nitrogen and oxygen atoms in total. The molecule has 7 heteroatoms. The van der Waals surface area contributed by atoms with E-state index in [0.717, 1.165) is 36.2 Å². The van der Waals surface area contributed by atoms with E-state index in [1.807, 2.05) is 16.9 Å². The van der Waals surface area contributed by atoms with Crippen molar-refractivity contribution in [2.45, 2.75) is 25.8 Å². The first-order chi connectivity index (χ1) is 11.9. The quantitative estimate of drug-likeness (QED) is 0.714. The summed E-state index contributed by atoms with van der Waals surface area (Å²) in [6, 6.07) is 10.4. The minimum Gasteiger partial charge on any atom is -0.346 e. The molecule has 0 spiro atoms. The van der Waals surface area contributed by atoms with Crippen molar-refractivity contribution in [2.24, 2.45) is 5.92 Å². The summed E-state index contributed by atoms with van der Waals surface area (Å²) in [5.41, 5.74) is 1.28. The van der Waals surface area contributed by atoms with Crippen LogP contribution in [0.25, 0.3) is 0 Å². The highest BCUT2D eigenvalue weighted by Gasteiger charge is 2.23. The van der Waals surface area contributed by atoms with Gasteiger partial charge in [0.05, 0.1) is 6.20 Å². The molecule has 3 heterocycles. The van der Waals surface area contributed by atoms with Gasteiger partial charge < -0.3 is 4.90 Å². The Morgan fingerprint density at radius 1 is 1.17 bits per heavy atom. The summed E-state index contributed by atoms with van der Waals surface area (Å²) in [7, 11) is 0. The molecule has 3 aromatic rings. The fraction of sp³-hybridized carbons (Fsp3) is 0.412. The first-order valence-corrected chi connectivity index (χ1v) is 9.14. The predicted molar refractivity (Wildman–Crippen MR) is 94.1 cm³/mol. The van der Waals surface area contributed by atoms with E-state index < -0.39 is 0 Å². The van der Waals surface area contributed by atoms with Crippen molar-refractivity contribution in [2.75, 3.05) is 18.0 Å². The average Bonchev–Trinajstić information content (AvgIpc) is 3.28. The Balaban J connectivity index is 1.40. The van der Waals surface area contributed by atoms with Gasteiger partial charge in [-0.2, -0.15) is 0 Å². The van der Waals surface area contributed by atoms with Gasteiger partial charge in [0, 0.05) is 32.3 Å². The summed E-state index contributed by atoms with van der Waals surface area (Å²) >= 11 is 1.71. The fourth-order valence-electron chi connectivity index (χ4n) is 3.20. The van der Waals surface area contributed by atoms with E-state index in [-0.39, 0.29) is 0 Å². The number of hydrogen-bond donors (Lipinski definition) is 0. The van der Waals surface area contributed by atoms with E-state index in [9.17, 15) is 0 Å². The van der Waals surface area contributed by atoms with Gasteiger partial charge in [-0.15, -0.1) is 15.3 Å². The van der Waals surface area contributed by atoms with Crippen LogP contribution in [0.2, 0.25) is 0 Å². The summed E-state index contributed by atoms with van der Waals surface area (Å²) in [5.74, 6) is 0.585. The van der Waals surface area contributed by atoms with E-state index in [4.69, 9.17) is 0 Å². The van der Waals surface area contributed by atoms with Gasteiger partial charge in [-0.1, -0.05) is 46.9 Å². The molecule has 0 saturated carbocycles. The van der Waals surface area contributed by atoms with Crippen molar-refractivity contribution in [3.8, 4) is 0 Å². The smallest absolute Gasteiger partial charge is 0.208 e. The second-order valence-electron chi connectivity index (χ2n) is 6.22. The maximum atomic E-state index is 4.43. The average molecular weight is 340 g/mol. The number of nitrogens with zero attached hydrogens (tertiary/aromatic N) is 6. The molecule has 1 aromatic carbocycles. The molecule has 0 aliphatic carbocycles. The molecule has 124 valence electrons. The molecular formula is C17H20N6S. The van der Waals surface area contributed by atoms with Crippen molar-refractivity contribution < 1.29 is 0 Å². The van der Waals surface area contributed by atoms with Crippen LogP contribution in [0.4, 0.5) is 5.13 Å². The summed E-state index contributed by atoms with van der Waals surface area (Å²) in [4.78, 5) is 2.37. The van der Waals surface area contributed by atoms with Crippen LogP contribution in [0, 0.1) is 5.92 Å². The first kappa shape index (κ1) is 15.3. The minimum atomic E-state index is 0.585. The number of rotatable bonds is 5.